The van der Waals surface area contributed by atoms with Crippen molar-refractivity contribution in [1.29, 1.82) is 0 Å². The van der Waals surface area contributed by atoms with E-state index in [2.05, 4.69) is 20.7 Å². The Balaban J connectivity index is 2.01. The minimum atomic E-state index is -3.80. The lowest BCUT2D eigenvalue weighted by Crippen LogP contribution is -2.43. The van der Waals surface area contributed by atoms with E-state index in [1.807, 2.05) is 27.7 Å². The zero-order valence-electron chi connectivity index (χ0n) is 16.9. The van der Waals surface area contributed by atoms with E-state index < -0.39 is 15.4 Å². The number of hydrogen-bond acceptors (Lipinski definition) is 4. The number of anilines is 2. The number of carbonyl (C=O) groups excluding carboxylic acids is 1. The lowest BCUT2D eigenvalue weighted by Gasteiger charge is -2.29. The molecule has 8 heteroatoms. The number of fused-ring (bicyclic) bond motifs is 1. The average molecular weight is 481 g/mol. The van der Waals surface area contributed by atoms with Crippen molar-refractivity contribution in [3.63, 3.8) is 0 Å². The molecular weight excluding hydrogens is 456 g/mol. The second-order valence-corrected chi connectivity index (χ2v) is 10.7. The fraction of sp³-hybridized carbons (Fsp3) is 0.381. The van der Waals surface area contributed by atoms with Gasteiger partial charge in [0, 0.05) is 11.0 Å². The molecule has 1 amide bonds. The van der Waals surface area contributed by atoms with Gasteiger partial charge in [-0.2, -0.15) is 0 Å². The van der Waals surface area contributed by atoms with Gasteiger partial charge in [0.25, 0.3) is 10.0 Å². The van der Waals surface area contributed by atoms with Gasteiger partial charge in [-0.15, -0.1) is 0 Å². The molecule has 1 N–H and O–H groups in total. The summed E-state index contributed by atoms with van der Waals surface area (Å²) in [5, 5.41) is 0. The molecule has 0 aliphatic carbocycles. The van der Waals surface area contributed by atoms with Crippen molar-refractivity contribution in [2.24, 2.45) is 11.3 Å². The number of rotatable bonds is 5. The minimum absolute atomic E-state index is 0.0456. The second kappa shape index (κ2) is 7.99. The van der Waals surface area contributed by atoms with E-state index >= 15 is 0 Å². The highest BCUT2D eigenvalue weighted by Crippen LogP contribution is 2.39. The standard InChI is InChI=1S/C21H25BrN2O4S/c1-14(2)12-24-17-11-15(9-10-18(17)28-13-21(3,4)20(24)25)23-29(26,27)19-8-6-5-7-16(19)22/h5-11,14,23H,12-13H2,1-4H3. The molecule has 0 spiro atoms. The third-order valence-electron chi connectivity index (χ3n) is 4.59. The van der Waals surface area contributed by atoms with E-state index in [0.29, 0.717) is 28.1 Å². The van der Waals surface area contributed by atoms with Crippen LogP contribution in [0.15, 0.2) is 51.8 Å². The summed E-state index contributed by atoms with van der Waals surface area (Å²) in [6.45, 7) is 8.54. The van der Waals surface area contributed by atoms with Gasteiger partial charge in [0.05, 0.1) is 16.8 Å². The topological polar surface area (TPSA) is 75.7 Å². The summed E-state index contributed by atoms with van der Waals surface area (Å²) in [6.07, 6.45) is 0. The normalized spacial score (nSPS) is 16.2. The van der Waals surface area contributed by atoms with E-state index in [1.165, 1.54) is 6.07 Å². The Kier molecular flexibility index (Phi) is 5.96. The monoisotopic (exact) mass is 480 g/mol. The van der Waals surface area contributed by atoms with Crippen molar-refractivity contribution in [1.82, 2.24) is 0 Å². The number of nitrogens with zero attached hydrogens (tertiary/aromatic N) is 1. The quantitative estimate of drug-likeness (QED) is 0.674. The van der Waals surface area contributed by atoms with Crippen molar-refractivity contribution >= 4 is 43.2 Å². The predicted molar refractivity (Wildman–Crippen MR) is 118 cm³/mol. The molecule has 6 nitrogen and oxygen atoms in total. The third kappa shape index (κ3) is 4.59. The van der Waals surface area contributed by atoms with Gasteiger partial charge in [-0.25, -0.2) is 8.42 Å². The summed E-state index contributed by atoms with van der Waals surface area (Å²) in [7, 11) is -3.80. The molecular formula is C21H25BrN2O4S. The zero-order valence-corrected chi connectivity index (χ0v) is 19.3. The van der Waals surface area contributed by atoms with Crippen LogP contribution >= 0.6 is 15.9 Å². The average Bonchev–Trinajstić information content (AvgIpc) is 2.72. The molecule has 0 bridgehead atoms. The molecule has 2 aromatic carbocycles. The van der Waals surface area contributed by atoms with Crippen molar-refractivity contribution in [2.45, 2.75) is 32.6 Å². The number of carbonyl (C=O) groups is 1. The first-order valence-electron chi connectivity index (χ1n) is 9.37. The molecule has 29 heavy (non-hydrogen) atoms. The molecule has 0 saturated carbocycles. The Morgan fingerprint density at radius 3 is 2.55 bits per heavy atom. The van der Waals surface area contributed by atoms with Gasteiger partial charge >= 0.3 is 0 Å². The van der Waals surface area contributed by atoms with Gasteiger partial charge in [0.2, 0.25) is 5.91 Å². The largest absolute Gasteiger partial charge is 0.490 e. The molecule has 1 aliphatic rings. The van der Waals surface area contributed by atoms with Crippen molar-refractivity contribution in [3.8, 4) is 5.75 Å². The van der Waals surface area contributed by atoms with Gasteiger partial charge in [-0.1, -0.05) is 26.0 Å². The van der Waals surface area contributed by atoms with Crippen LogP contribution in [0.4, 0.5) is 11.4 Å². The highest BCUT2D eigenvalue weighted by molar-refractivity contribution is 9.10. The highest BCUT2D eigenvalue weighted by Gasteiger charge is 2.38. The summed E-state index contributed by atoms with van der Waals surface area (Å²) in [5.74, 6) is 0.755. The van der Waals surface area contributed by atoms with Gasteiger partial charge in [-0.3, -0.25) is 9.52 Å². The molecule has 2 aromatic rings. The van der Waals surface area contributed by atoms with Crippen LogP contribution < -0.4 is 14.4 Å². The van der Waals surface area contributed by atoms with Gasteiger partial charge in [-0.05, 0) is 66.0 Å². The molecule has 0 radical (unpaired) electrons. The maximum atomic E-state index is 13.1. The Bertz CT molecular complexity index is 1030. The molecule has 0 fully saturated rings. The van der Waals surface area contributed by atoms with Crippen LogP contribution in [0.2, 0.25) is 0 Å². The Morgan fingerprint density at radius 2 is 1.90 bits per heavy atom. The Labute approximate surface area is 180 Å². The number of amides is 1. The summed E-state index contributed by atoms with van der Waals surface area (Å²) in [5.41, 5.74) is 0.258. The number of sulfonamides is 1. The van der Waals surface area contributed by atoms with Crippen LogP contribution in [-0.2, 0) is 14.8 Å². The van der Waals surface area contributed by atoms with Crippen molar-refractivity contribution in [3.05, 3.63) is 46.9 Å². The van der Waals surface area contributed by atoms with E-state index in [1.54, 1.807) is 41.3 Å². The lowest BCUT2D eigenvalue weighted by molar-refractivity contribution is -0.127. The summed E-state index contributed by atoms with van der Waals surface area (Å²) in [6, 6.07) is 11.6. The molecule has 0 unspecified atom stereocenters. The van der Waals surface area contributed by atoms with E-state index in [9.17, 15) is 13.2 Å². The van der Waals surface area contributed by atoms with Crippen LogP contribution in [0.3, 0.4) is 0 Å². The Morgan fingerprint density at radius 1 is 1.21 bits per heavy atom. The van der Waals surface area contributed by atoms with Gasteiger partial charge in [0.1, 0.15) is 17.3 Å². The first-order chi connectivity index (χ1) is 13.5. The fourth-order valence-corrected chi connectivity index (χ4v) is 5.18. The number of nitrogens with one attached hydrogen (secondary N) is 1. The molecule has 0 atom stereocenters. The first kappa shape index (κ1) is 21.6. The highest BCUT2D eigenvalue weighted by atomic mass is 79.9. The predicted octanol–water partition coefficient (Wildman–Crippen LogP) is 4.66. The maximum Gasteiger partial charge on any atom is 0.263 e. The van der Waals surface area contributed by atoms with Crippen LogP contribution in [0.1, 0.15) is 27.7 Å². The number of hydrogen-bond donors (Lipinski definition) is 1. The molecule has 156 valence electrons. The summed E-state index contributed by atoms with van der Waals surface area (Å²) in [4.78, 5) is 15.0. The van der Waals surface area contributed by atoms with Crippen molar-refractivity contribution in [2.75, 3.05) is 22.8 Å². The van der Waals surface area contributed by atoms with E-state index in [4.69, 9.17) is 4.74 Å². The minimum Gasteiger partial charge on any atom is -0.490 e. The number of benzene rings is 2. The smallest absolute Gasteiger partial charge is 0.263 e. The lowest BCUT2D eigenvalue weighted by atomic mass is 9.92. The van der Waals surface area contributed by atoms with Crippen LogP contribution in [0.25, 0.3) is 0 Å². The number of halogens is 1. The molecule has 0 aromatic heterocycles. The SMILES string of the molecule is CC(C)CN1C(=O)C(C)(C)COc2ccc(NS(=O)(=O)c3ccccc3Br)cc21. The number of ether oxygens (including phenoxy) is 1. The van der Waals surface area contributed by atoms with Crippen LogP contribution in [-0.4, -0.2) is 27.5 Å². The maximum absolute atomic E-state index is 13.1. The third-order valence-corrected chi connectivity index (χ3v) is 6.98. The summed E-state index contributed by atoms with van der Waals surface area (Å²) < 4.78 is 34.6. The molecule has 1 aliphatic heterocycles. The first-order valence-corrected chi connectivity index (χ1v) is 11.6. The van der Waals surface area contributed by atoms with Crippen LogP contribution in [0, 0.1) is 11.3 Å². The van der Waals surface area contributed by atoms with Crippen molar-refractivity contribution < 1.29 is 17.9 Å². The summed E-state index contributed by atoms with van der Waals surface area (Å²) >= 11 is 3.28. The second-order valence-electron chi connectivity index (χ2n) is 8.20. The van der Waals surface area contributed by atoms with Gasteiger partial charge in [0.15, 0.2) is 0 Å². The van der Waals surface area contributed by atoms with Gasteiger partial charge < -0.3 is 9.64 Å². The molecule has 1 heterocycles. The molecule has 3 rings (SSSR count). The van der Waals surface area contributed by atoms with E-state index in [0.717, 1.165) is 0 Å². The fourth-order valence-electron chi connectivity index (χ4n) is 3.13. The molecule has 0 saturated heterocycles. The zero-order chi connectivity index (χ0) is 21.4. The van der Waals surface area contributed by atoms with E-state index in [-0.39, 0.29) is 23.3 Å². The Hall–Kier alpha value is -2.06. The van der Waals surface area contributed by atoms with Crippen LogP contribution in [0.5, 0.6) is 5.75 Å².